The molecule has 2 nitrogen and oxygen atoms in total. The minimum atomic E-state index is 0.0662. The Hall–Kier alpha value is -1.77. The van der Waals surface area contributed by atoms with Crippen LogP contribution in [0.25, 0.3) is 10.9 Å². The number of aromatic nitrogens is 1. The first kappa shape index (κ1) is 14.2. The lowest BCUT2D eigenvalue weighted by Crippen LogP contribution is -2.30. The van der Waals surface area contributed by atoms with E-state index in [1.54, 1.807) is 0 Å². The van der Waals surface area contributed by atoms with Gasteiger partial charge < -0.3 is 10.3 Å². The molecule has 0 aliphatic rings. The van der Waals surface area contributed by atoms with Gasteiger partial charge >= 0.3 is 0 Å². The van der Waals surface area contributed by atoms with Gasteiger partial charge in [-0.25, -0.2) is 0 Å². The van der Waals surface area contributed by atoms with Crippen molar-refractivity contribution in [2.45, 2.75) is 25.4 Å². The zero-order chi connectivity index (χ0) is 14.8. The summed E-state index contributed by atoms with van der Waals surface area (Å²) in [5, 5.41) is 2.02. The van der Waals surface area contributed by atoms with Gasteiger partial charge in [-0.2, -0.15) is 0 Å². The van der Waals surface area contributed by atoms with Crippen molar-refractivity contribution in [1.82, 2.24) is 4.57 Å². The molecule has 2 N–H and O–H groups in total. The van der Waals surface area contributed by atoms with Crippen LogP contribution in [-0.4, -0.2) is 10.6 Å². The molecule has 0 aliphatic carbocycles. The van der Waals surface area contributed by atoms with Crippen molar-refractivity contribution in [3.8, 4) is 0 Å². The van der Waals surface area contributed by atoms with Crippen molar-refractivity contribution in [2.24, 2.45) is 5.73 Å². The maximum absolute atomic E-state index is 6.25. The Bertz CT molecular complexity index is 728. The molecular formula is C18H19ClN2. The fraction of sp³-hybridized carbons (Fsp3) is 0.222. The Balaban J connectivity index is 1.96. The lowest BCUT2D eigenvalue weighted by Gasteiger charge is -2.24. The van der Waals surface area contributed by atoms with E-state index >= 15 is 0 Å². The highest BCUT2D eigenvalue weighted by Gasteiger charge is 2.18. The maximum atomic E-state index is 6.25. The maximum Gasteiger partial charge on any atom is 0.0525 e. The summed E-state index contributed by atoms with van der Waals surface area (Å²) in [6.07, 6.45) is 3.03. The number of rotatable bonds is 4. The summed E-state index contributed by atoms with van der Waals surface area (Å²) in [6.45, 7) is 2.06. The third-order valence-electron chi connectivity index (χ3n) is 3.95. The first-order chi connectivity index (χ1) is 10.1. The number of nitrogens with two attached hydrogens (primary N) is 1. The van der Waals surface area contributed by atoms with Crippen molar-refractivity contribution >= 4 is 22.5 Å². The molecule has 0 saturated carbocycles. The highest BCUT2D eigenvalue weighted by molar-refractivity contribution is 6.30. The number of fused-ring (bicyclic) bond motifs is 1. The third kappa shape index (κ3) is 2.97. The third-order valence-corrected chi connectivity index (χ3v) is 4.20. The Labute approximate surface area is 130 Å². The summed E-state index contributed by atoms with van der Waals surface area (Å²) in [4.78, 5) is 0. The quantitative estimate of drug-likeness (QED) is 0.759. The van der Waals surface area contributed by atoms with Crippen molar-refractivity contribution in [2.75, 3.05) is 0 Å². The second-order valence-electron chi connectivity index (χ2n) is 5.54. The van der Waals surface area contributed by atoms with Crippen LogP contribution in [0, 0.1) is 0 Å². The zero-order valence-corrected chi connectivity index (χ0v) is 12.8. The fourth-order valence-electron chi connectivity index (χ4n) is 2.79. The highest BCUT2D eigenvalue weighted by Crippen LogP contribution is 2.25. The van der Waals surface area contributed by atoms with Gasteiger partial charge in [0.1, 0.15) is 0 Å². The van der Waals surface area contributed by atoms with E-state index in [-0.39, 0.29) is 12.1 Å². The Morgan fingerprint density at radius 1 is 1.05 bits per heavy atom. The van der Waals surface area contributed by atoms with Gasteiger partial charge in [-0.15, -0.1) is 0 Å². The second kappa shape index (κ2) is 5.92. The molecule has 0 fully saturated rings. The normalized spacial score (nSPS) is 14.2. The number of halogens is 1. The van der Waals surface area contributed by atoms with Crippen LogP contribution >= 0.6 is 11.6 Å². The van der Waals surface area contributed by atoms with E-state index in [2.05, 4.69) is 60.2 Å². The molecule has 2 aromatic carbocycles. The average molecular weight is 299 g/mol. The minimum absolute atomic E-state index is 0.0662. The summed E-state index contributed by atoms with van der Waals surface area (Å²) in [5.74, 6) is 0. The molecule has 2 atom stereocenters. The van der Waals surface area contributed by atoms with Gasteiger partial charge in [0.15, 0.2) is 0 Å². The molecule has 0 spiro atoms. The topological polar surface area (TPSA) is 30.9 Å². The first-order valence-corrected chi connectivity index (χ1v) is 7.58. The van der Waals surface area contributed by atoms with Crippen molar-refractivity contribution < 1.29 is 0 Å². The van der Waals surface area contributed by atoms with Crippen molar-refractivity contribution in [1.29, 1.82) is 0 Å². The van der Waals surface area contributed by atoms with Gasteiger partial charge in [-0.05, 0) is 48.6 Å². The van der Waals surface area contributed by atoms with Crippen LogP contribution in [-0.2, 0) is 6.42 Å². The highest BCUT2D eigenvalue weighted by atomic mass is 35.5. The van der Waals surface area contributed by atoms with E-state index < -0.39 is 0 Å². The Kier molecular flexibility index (Phi) is 4.00. The average Bonchev–Trinajstić information content (AvgIpc) is 2.90. The molecule has 3 rings (SSSR count). The monoisotopic (exact) mass is 298 g/mol. The van der Waals surface area contributed by atoms with Crippen LogP contribution < -0.4 is 5.73 Å². The molecular weight excluding hydrogens is 280 g/mol. The second-order valence-corrected chi connectivity index (χ2v) is 5.98. The van der Waals surface area contributed by atoms with Crippen LogP contribution in [0.5, 0.6) is 0 Å². The summed E-state index contributed by atoms with van der Waals surface area (Å²) in [5.41, 5.74) is 8.73. The molecule has 0 amide bonds. The van der Waals surface area contributed by atoms with Gasteiger partial charge in [0, 0.05) is 22.8 Å². The van der Waals surface area contributed by atoms with Crippen molar-refractivity contribution in [3.05, 3.63) is 71.4 Å². The van der Waals surface area contributed by atoms with Crippen LogP contribution in [0.4, 0.5) is 0 Å². The molecule has 3 aromatic rings. The standard InChI is InChI=1S/C18H19ClN2/c1-13(20)18(12-14-6-8-16(19)9-7-14)21-11-10-15-4-2-3-5-17(15)21/h2-11,13,18H,12,20H2,1H3/t13-,18-/m0/s1. The van der Waals surface area contributed by atoms with Crippen molar-refractivity contribution in [3.63, 3.8) is 0 Å². The van der Waals surface area contributed by atoms with E-state index in [1.165, 1.54) is 16.5 Å². The largest absolute Gasteiger partial charge is 0.343 e. The predicted octanol–water partition coefficient (Wildman–Crippen LogP) is 4.43. The Morgan fingerprint density at radius 2 is 1.76 bits per heavy atom. The molecule has 0 saturated heterocycles. The van der Waals surface area contributed by atoms with E-state index in [4.69, 9.17) is 17.3 Å². The van der Waals surface area contributed by atoms with E-state index in [0.29, 0.717) is 0 Å². The molecule has 108 valence electrons. The van der Waals surface area contributed by atoms with Crippen LogP contribution in [0.2, 0.25) is 5.02 Å². The van der Waals surface area contributed by atoms with Gasteiger partial charge in [-0.1, -0.05) is 41.9 Å². The molecule has 1 heterocycles. The molecule has 0 unspecified atom stereocenters. The molecule has 3 heteroatoms. The molecule has 1 aromatic heterocycles. The van der Waals surface area contributed by atoms with Crippen LogP contribution in [0.15, 0.2) is 60.8 Å². The zero-order valence-electron chi connectivity index (χ0n) is 12.0. The SMILES string of the molecule is C[C@H](N)[C@H](Cc1ccc(Cl)cc1)n1ccc2ccccc21. The summed E-state index contributed by atoms with van der Waals surface area (Å²) in [7, 11) is 0. The molecule has 0 aliphatic heterocycles. The summed E-state index contributed by atoms with van der Waals surface area (Å²) >= 11 is 5.96. The number of para-hydroxylation sites is 1. The summed E-state index contributed by atoms with van der Waals surface area (Å²) in [6, 6.07) is 18.9. The lowest BCUT2D eigenvalue weighted by atomic mass is 10.0. The first-order valence-electron chi connectivity index (χ1n) is 7.21. The fourth-order valence-corrected chi connectivity index (χ4v) is 2.92. The van der Waals surface area contributed by atoms with Gasteiger partial charge in [0.05, 0.1) is 6.04 Å². The van der Waals surface area contributed by atoms with E-state index in [9.17, 15) is 0 Å². The lowest BCUT2D eigenvalue weighted by molar-refractivity contribution is 0.438. The predicted molar refractivity (Wildman–Crippen MR) is 89.8 cm³/mol. The Morgan fingerprint density at radius 3 is 2.48 bits per heavy atom. The van der Waals surface area contributed by atoms with Gasteiger partial charge in [0.2, 0.25) is 0 Å². The number of nitrogens with zero attached hydrogens (tertiary/aromatic N) is 1. The van der Waals surface area contributed by atoms with Gasteiger partial charge in [0.25, 0.3) is 0 Å². The number of hydrogen-bond acceptors (Lipinski definition) is 1. The smallest absolute Gasteiger partial charge is 0.0525 e. The van der Waals surface area contributed by atoms with E-state index in [0.717, 1.165) is 11.4 Å². The summed E-state index contributed by atoms with van der Waals surface area (Å²) < 4.78 is 2.29. The molecule has 0 radical (unpaired) electrons. The van der Waals surface area contributed by atoms with Crippen LogP contribution in [0.3, 0.4) is 0 Å². The van der Waals surface area contributed by atoms with Gasteiger partial charge in [-0.3, -0.25) is 0 Å². The molecule has 0 bridgehead atoms. The minimum Gasteiger partial charge on any atom is -0.343 e. The molecule has 21 heavy (non-hydrogen) atoms. The number of hydrogen-bond donors (Lipinski definition) is 1. The van der Waals surface area contributed by atoms with Crippen LogP contribution in [0.1, 0.15) is 18.5 Å². The van der Waals surface area contributed by atoms with E-state index in [1.807, 2.05) is 12.1 Å². The number of benzene rings is 2.